The van der Waals surface area contributed by atoms with E-state index in [2.05, 4.69) is 4.98 Å². The molecule has 0 atom stereocenters. The fourth-order valence-corrected chi connectivity index (χ4v) is 1.99. The highest BCUT2D eigenvalue weighted by atomic mass is 35.5. The van der Waals surface area contributed by atoms with Crippen LogP contribution in [0.4, 0.5) is 0 Å². The smallest absolute Gasteiger partial charge is 0.155 e. The van der Waals surface area contributed by atoms with Crippen molar-refractivity contribution in [2.45, 2.75) is 20.3 Å². The van der Waals surface area contributed by atoms with Crippen molar-refractivity contribution in [2.75, 3.05) is 0 Å². The Balaban J connectivity index is 2.41. The van der Waals surface area contributed by atoms with Crippen molar-refractivity contribution >= 4 is 17.9 Å². The fourth-order valence-electron chi connectivity index (χ4n) is 1.78. The molecule has 0 radical (unpaired) electrons. The van der Waals surface area contributed by atoms with E-state index in [-0.39, 0.29) is 0 Å². The van der Waals surface area contributed by atoms with Gasteiger partial charge in [0.1, 0.15) is 11.5 Å². The molecule has 0 unspecified atom stereocenters. The van der Waals surface area contributed by atoms with E-state index in [9.17, 15) is 4.79 Å². The zero-order valence-corrected chi connectivity index (χ0v) is 11.6. The summed E-state index contributed by atoms with van der Waals surface area (Å²) in [6, 6.07) is 8.86. The number of aryl methyl sites for hydroxylation is 2. The average molecular weight is 276 g/mol. The van der Waals surface area contributed by atoms with E-state index in [0.29, 0.717) is 28.4 Å². The average Bonchev–Trinajstić information content (AvgIpc) is 2.41. The number of rotatable bonds is 4. The van der Waals surface area contributed by atoms with Crippen LogP contribution in [0.15, 0.2) is 30.3 Å². The summed E-state index contributed by atoms with van der Waals surface area (Å²) in [7, 11) is 0. The lowest BCUT2D eigenvalue weighted by Crippen LogP contribution is -1.97. The van der Waals surface area contributed by atoms with Gasteiger partial charge in [-0.3, -0.25) is 9.78 Å². The highest BCUT2D eigenvalue weighted by Crippen LogP contribution is 2.30. The molecule has 2 aromatic rings. The van der Waals surface area contributed by atoms with Gasteiger partial charge in [0.15, 0.2) is 6.29 Å². The quantitative estimate of drug-likeness (QED) is 0.785. The normalized spacial score (nSPS) is 10.3. The number of carbonyl (C=O) groups is 1. The molecule has 0 saturated heterocycles. The van der Waals surface area contributed by atoms with Crippen molar-refractivity contribution in [1.82, 2.24) is 4.98 Å². The number of nitrogens with zero attached hydrogens (tertiary/aromatic N) is 1. The van der Waals surface area contributed by atoms with Crippen molar-refractivity contribution in [2.24, 2.45) is 0 Å². The Labute approximate surface area is 117 Å². The van der Waals surface area contributed by atoms with E-state index in [4.69, 9.17) is 16.3 Å². The lowest BCUT2D eigenvalue weighted by molar-refractivity contribution is 0.112. The van der Waals surface area contributed by atoms with Gasteiger partial charge in [0, 0.05) is 5.69 Å². The summed E-state index contributed by atoms with van der Waals surface area (Å²) in [5.74, 6) is 1.10. The molecule has 0 fully saturated rings. The maximum absolute atomic E-state index is 11.1. The van der Waals surface area contributed by atoms with Crippen LogP contribution >= 0.6 is 11.6 Å². The van der Waals surface area contributed by atoms with Gasteiger partial charge in [0.05, 0.1) is 16.3 Å². The summed E-state index contributed by atoms with van der Waals surface area (Å²) in [6.07, 6.45) is 1.46. The molecule has 3 nitrogen and oxygen atoms in total. The fraction of sp³-hybridized carbons (Fsp3) is 0.200. The Bertz CT molecular complexity index is 611. The molecule has 0 aliphatic rings. The summed E-state index contributed by atoms with van der Waals surface area (Å²) in [4.78, 5) is 15.5. The summed E-state index contributed by atoms with van der Waals surface area (Å²) < 4.78 is 5.78. The second kappa shape index (κ2) is 5.85. The van der Waals surface area contributed by atoms with Crippen molar-refractivity contribution in [3.63, 3.8) is 0 Å². The number of aromatic nitrogens is 1. The first-order chi connectivity index (χ1) is 9.15. The number of ether oxygens (including phenoxy) is 1. The molecule has 0 amide bonds. The summed E-state index contributed by atoms with van der Waals surface area (Å²) in [5, 5.41) is 0.380. The third-order valence-electron chi connectivity index (χ3n) is 2.76. The third kappa shape index (κ3) is 2.93. The molecule has 0 aliphatic carbocycles. The van der Waals surface area contributed by atoms with E-state index in [1.54, 1.807) is 18.2 Å². The van der Waals surface area contributed by atoms with Gasteiger partial charge in [0.2, 0.25) is 0 Å². The molecule has 1 heterocycles. The number of pyridine rings is 1. The van der Waals surface area contributed by atoms with Crippen molar-refractivity contribution in [3.8, 4) is 11.5 Å². The third-order valence-corrected chi connectivity index (χ3v) is 3.09. The number of benzene rings is 1. The predicted molar refractivity (Wildman–Crippen MR) is 75.3 cm³/mol. The molecular formula is C15H14ClNO2. The summed E-state index contributed by atoms with van der Waals surface area (Å²) in [5.41, 5.74) is 2.15. The number of aldehydes is 1. The topological polar surface area (TPSA) is 39.2 Å². The van der Waals surface area contributed by atoms with Crippen LogP contribution < -0.4 is 4.74 Å². The molecule has 2 rings (SSSR count). The highest BCUT2D eigenvalue weighted by Gasteiger charge is 2.11. The molecule has 1 aromatic heterocycles. The van der Waals surface area contributed by atoms with E-state index in [1.165, 1.54) is 0 Å². The summed E-state index contributed by atoms with van der Waals surface area (Å²) in [6.45, 7) is 3.94. The first-order valence-electron chi connectivity index (χ1n) is 6.03. The molecule has 0 spiro atoms. The van der Waals surface area contributed by atoms with Crippen LogP contribution in [0, 0.1) is 6.92 Å². The van der Waals surface area contributed by atoms with Crippen LogP contribution in [-0.2, 0) is 6.42 Å². The molecule has 4 heteroatoms. The maximum atomic E-state index is 11.1. The number of carbonyl (C=O) groups excluding carboxylic acids is 1. The van der Waals surface area contributed by atoms with Gasteiger partial charge in [-0.05, 0) is 37.6 Å². The monoisotopic (exact) mass is 275 g/mol. The van der Waals surface area contributed by atoms with Crippen LogP contribution in [-0.4, -0.2) is 11.3 Å². The van der Waals surface area contributed by atoms with Gasteiger partial charge in [-0.1, -0.05) is 24.6 Å². The Morgan fingerprint density at radius 3 is 2.74 bits per heavy atom. The van der Waals surface area contributed by atoms with Crippen LogP contribution in [0.3, 0.4) is 0 Å². The number of hydrogen-bond donors (Lipinski definition) is 0. The minimum absolute atomic E-state index is 0.354. The van der Waals surface area contributed by atoms with Crippen LogP contribution in [0.25, 0.3) is 0 Å². The van der Waals surface area contributed by atoms with E-state index < -0.39 is 0 Å². The second-order valence-electron chi connectivity index (χ2n) is 4.12. The van der Waals surface area contributed by atoms with Gasteiger partial charge >= 0.3 is 0 Å². The minimum atomic E-state index is 0.354. The molecule has 0 N–H and O–H groups in total. The zero-order valence-electron chi connectivity index (χ0n) is 10.8. The SMILES string of the molecule is CCc1nc(C)ccc1Oc1cccc(Cl)c1C=O. The Hall–Kier alpha value is -1.87. The van der Waals surface area contributed by atoms with Gasteiger partial charge in [-0.25, -0.2) is 0 Å². The van der Waals surface area contributed by atoms with Crippen LogP contribution in [0.1, 0.15) is 28.7 Å². The van der Waals surface area contributed by atoms with Crippen molar-refractivity contribution in [3.05, 3.63) is 52.3 Å². The van der Waals surface area contributed by atoms with E-state index in [0.717, 1.165) is 17.8 Å². The van der Waals surface area contributed by atoms with Crippen molar-refractivity contribution in [1.29, 1.82) is 0 Å². The van der Waals surface area contributed by atoms with Crippen molar-refractivity contribution < 1.29 is 9.53 Å². The zero-order chi connectivity index (χ0) is 13.8. The first kappa shape index (κ1) is 13.6. The molecule has 19 heavy (non-hydrogen) atoms. The lowest BCUT2D eigenvalue weighted by atomic mass is 10.2. The first-order valence-corrected chi connectivity index (χ1v) is 6.41. The molecular weight excluding hydrogens is 262 g/mol. The molecule has 0 bridgehead atoms. The lowest BCUT2D eigenvalue weighted by Gasteiger charge is -2.12. The Morgan fingerprint density at radius 2 is 2.05 bits per heavy atom. The van der Waals surface area contributed by atoms with Gasteiger partial charge in [0.25, 0.3) is 0 Å². The van der Waals surface area contributed by atoms with Gasteiger partial charge in [-0.15, -0.1) is 0 Å². The van der Waals surface area contributed by atoms with E-state index >= 15 is 0 Å². The van der Waals surface area contributed by atoms with E-state index in [1.807, 2.05) is 26.0 Å². The van der Waals surface area contributed by atoms with Crippen LogP contribution in [0.5, 0.6) is 11.5 Å². The highest BCUT2D eigenvalue weighted by molar-refractivity contribution is 6.33. The largest absolute Gasteiger partial charge is 0.455 e. The van der Waals surface area contributed by atoms with Gasteiger partial charge < -0.3 is 4.74 Å². The number of hydrogen-bond acceptors (Lipinski definition) is 3. The molecule has 0 aliphatic heterocycles. The predicted octanol–water partition coefficient (Wildman–Crippen LogP) is 4.21. The number of halogens is 1. The maximum Gasteiger partial charge on any atom is 0.155 e. The Kier molecular flexibility index (Phi) is 4.17. The standard InChI is InChI=1S/C15H14ClNO2/c1-3-13-15(8-7-10(2)17-13)19-14-6-4-5-12(16)11(14)9-18/h4-9H,3H2,1-2H3. The summed E-state index contributed by atoms with van der Waals surface area (Å²) >= 11 is 5.97. The Morgan fingerprint density at radius 1 is 1.26 bits per heavy atom. The minimum Gasteiger partial charge on any atom is -0.455 e. The molecule has 1 aromatic carbocycles. The van der Waals surface area contributed by atoms with Gasteiger partial charge in [-0.2, -0.15) is 0 Å². The van der Waals surface area contributed by atoms with Crippen LogP contribution in [0.2, 0.25) is 5.02 Å². The molecule has 0 saturated carbocycles. The second-order valence-corrected chi connectivity index (χ2v) is 4.53. The molecule has 98 valence electrons.